The summed E-state index contributed by atoms with van der Waals surface area (Å²) in [6.07, 6.45) is 21.0. The second-order valence-electron chi connectivity index (χ2n) is 24.4. The van der Waals surface area contributed by atoms with Gasteiger partial charge in [0.25, 0.3) is 0 Å². The quantitative estimate of drug-likeness (QED) is 0.0286. The van der Waals surface area contributed by atoms with Crippen LogP contribution in [0.5, 0.6) is 0 Å². The van der Waals surface area contributed by atoms with Crippen molar-refractivity contribution in [2.75, 3.05) is 52.5 Å². The molecule has 7 unspecified atom stereocenters. The molecule has 0 spiro atoms. The van der Waals surface area contributed by atoms with E-state index in [4.69, 9.17) is 10.2 Å². The molecule has 0 bridgehead atoms. The highest BCUT2D eigenvalue weighted by molar-refractivity contribution is 5.87. The van der Waals surface area contributed by atoms with Gasteiger partial charge in [-0.15, -0.1) is 0 Å². The summed E-state index contributed by atoms with van der Waals surface area (Å²) in [5.41, 5.74) is 0. The Labute approximate surface area is 472 Å². The van der Waals surface area contributed by atoms with Crippen molar-refractivity contribution in [1.29, 1.82) is 0 Å². The Morgan fingerprint density at radius 3 is 1.12 bits per heavy atom. The van der Waals surface area contributed by atoms with E-state index in [0.29, 0.717) is 56.3 Å². The highest BCUT2D eigenvalue weighted by atomic mass is 16.3. The van der Waals surface area contributed by atoms with Crippen LogP contribution in [-0.4, -0.2) is 153 Å². The molecule has 7 N–H and O–H groups in total. The first-order chi connectivity index (χ1) is 36.2. The van der Waals surface area contributed by atoms with Crippen LogP contribution in [0.15, 0.2) is 0 Å². The molecular formula is C62H125N5O10. The van der Waals surface area contributed by atoms with E-state index in [-0.39, 0.29) is 80.3 Å². The van der Waals surface area contributed by atoms with Crippen LogP contribution in [0.3, 0.4) is 0 Å². The predicted octanol–water partition coefficient (Wildman–Crippen LogP) is 10.4. The SMILES string of the molecule is CC(C)CCCC(C)C(=O)N(CCN(CC(C)O)C(=O)C(C)CCCC(C)C)CC(C)O.CC(C)CCCC(C)NC(=O)CC(O)C(=O)NC(C)CCCC(C)C.CCCCCCCCCCCC(=O)N(CCO)CCO. The minimum Gasteiger partial charge on any atom is -0.395 e. The highest BCUT2D eigenvalue weighted by Crippen LogP contribution is 2.19. The second-order valence-corrected chi connectivity index (χ2v) is 24.4. The minimum absolute atomic E-state index is 0.0129. The van der Waals surface area contributed by atoms with Gasteiger partial charge in [0, 0.05) is 69.6 Å². The summed E-state index contributed by atoms with van der Waals surface area (Å²) in [7, 11) is 0. The molecule has 5 amide bonds. The fourth-order valence-corrected chi connectivity index (χ4v) is 9.09. The van der Waals surface area contributed by atoms with Crippen molar-refractivity contribution in [2.24, 2.45) is 35.5 Å². The summed E-state index contributed by atoms with van der Waals surface area (Å²) < 4.78 is 0. The van der Waals surface area contributed by atoms with Gasteiger partial charge in [0.05, 0.1) is 31.8 Å². The second kappa shape index (κ2) is 50.1. The van der Waals surface area contributed by atoms with Crippen LogP contribution in [-0.2, 0) is 24.0 Å². The molecule has 0 aliphatic heterocycles. The van der Waals surface area contributed by atoms with Crippen molar-refractivity contribution in [2.45, 2.75) is 282 Å². The van der Waals surface area contributed by atoms with E-state index in [0.717, 1.165) is 89.9 Å². The zero-order valence-corrected chi connectivity index (χ0v) is 52.4. The molecule has 0 aliphatic rings. The summed E-state index contributed by atoms with van der Waals surface area (Å²) in [5.74, 6) is 1.72. The summed E-state index contributed by atoms with van der Waals surface area (Å²) in [5, 5.41) is 53.2. The summed E-state index contributed by atoms with van der Waals surface area (Å²) in [6, 6.07) is 0.0791. The fraction of sp³-hybridized carbons (Fsp3) is 0.919. The number of amides is 5. The van der Waals surface area contributed by atoms with Crippen molar-refractivity contribution in [1.82, 2.24) is 25.3 Å². The van der Waals surface area contributed by atoms with Gasteiger partial charge in [-0.05, 0) is 83.5 Å². The molecule has 15 nitrogen and oxygen atoms in total. The lowest BCUT2D eigenvalue weighted by Crippen LogP contribution is -2.47. The molecule has 0 fully saturated rings. The number of nitrogens with one attached hydrogen (secondary N) is 2. The Morgan fingerprint density at radius 2 is 0.766 bits per heavy atom. The number of carbonyl (C=O) groups is 5. The highest BCUT2D eigenvalue weighted by Gasteiger charge is 2.26. The number of rotatable bonds is 44. The van der Waals surface area contributed by atoms with Crippen molar-refractivity contribution < 1.29 is 49.5 Å². The zero-order chi connectivity index (χ0) is 59.3. The zero-order valence-electron chi connectivity index (χ0n) is 52.4. The standard InChI is InChI=1S/C26H52N2O4.C20H40N2O3.C16H33NO3/c1-19(2)11-9-13-21(5)25(31)27(17-23(7)29)15-16-28(18-24(8)30)26(32)22(6)14-10-12-20(3)4;1-14(2)9-7-11-16(5)21-19(24)13-18(23)20(25)22-17(6)12-8-10-15(3)4;1-2-3-4-5-6-7-8-9-10-11-16(20)17(12-14-18)13-15-19/h19-24,29-30H,9-18H2,1-8H3;14-18,23H,7-13H2,1-6H3,(H,21,24)(H,22,25);18-19H,2-15H2,1H3. The molecule has 0 saturated carbocycles. The van der Waals surface area contributed by atoms with Crippen LogP contribution >= 0.6 is 0 Å². The van der Waals surface area contributed by atoms with Gasteiger partial charge in [-0.25, -0.2) is 0 Å². The molecule has 0 saturated heterocycles. The Kier molecular flexibility index (Phi) is 51.0. The first kappa shape index (κ1) is 78.4. The largest absolute Gasteiger partial charge is 0.395 e. The van der Waals surface area contributed by atoms with Crippen LogP contribution in [0, 0.1) is 35.5 Å². The molecule has 7 atom stereocenters. The lowest BCUT2D eigenvalue weighted by molar-refractivity contribution is -0.141. The van der Waals surface area contributed by atoms with E-state index < -0.39 is 24.2 Å². The molecule has 0 heterocycles. The molecule has 0 aliphatic carbocycles. The average molecular weight is 1100 g/mol. The number of aliphatic hydroxyl groups excluding tert-OH is 5. The van der Waals surface area contributed by atoms with E-state index in [9.17, 15) is 39.3 Å². The van der Waals surface area contributed by atoms with Crippen molar-refractivity contribution in [3.63, 3.8) is 0 Å². The third kappa shape index (κ3) is 48.8. The molecule has 0 aromatic heterocycles. The molecule has 15 heteroatoms. The monoisotopic (exact) mass is 1100 g/mol. The van der Waals surface area contributed by atoms with Crippen LogP contribution in [0.1, 0.15) is 252 Å². The third-order valence-corrected chi connectivity index (χ3v) is 13.8. The number of aliphatic hydroxyl groups is 5. The van der Waals surface area contributed by atoms with Gasteiger partial charge in [-0.2, -0.15) is 0 Å². The van der Waals surface area contributed by atoms with Crippen molar-refractivity contribution in [3.8, 4) is 0 Å². The maximum atomic E-state index is 13.1. The van der Waals surface area contributed by atoms with Gasteiger partial charge in [-0.3, -0.25) is 24.0 Å². The molecule has 0 radical (unpaired) electrons. The number of nitrogens with zero attached hydrogens (tertiary/aromatic N) is 3. The number of hydrogen-bond acceptors (Lipinski definition) is 10. The molecule has 0 rings (SSSR count). The number of unbranched alkanes of at least 4 members (excludes halogenated alkanes) is 8. The number of carbonyl (C=O) groups excluding carboxylic acids is 5. The van der Waals surface area contributed by atoms with Gasteiger partial charge in [-0.1, -0.05) is 179 Å². The molecule has 0 aromatic rings. The lowest BCUT2D eigenvalue weighted by Gasteiger charge is -2.32. The van der Waals surface area contributed by atoms with Crippen LogP contribution in [0.2, 0.25) is 0 Å². The number of hydrogen-bond donors (Lipinski definition) is 7. The first-order valence-corrected chi connectivity index (χ1v) is 30.9. The van der Waals surface area contributed by atoms with Gasteiger partial charge in [0.1, 0.15) is 6.10 Å². The van der Waals surface area contributed by atoms with Crippen molar-refractivity contribution >= 4 is 29.5 Å². The minimum atomic E-state index is -1.28. The summed E-state index contributed by atoms with van der Waals surface area (Å²) in [4.78, 5) is 66.8. The van der Waals surface area contributed by atoms with Gasteiger partial charge < -0.3 is 50.9 Å². The lowest BCUT2D eigenvalue weighted by atomic mass is 9.98. The van der Waals surface area contributed by atoms with Gasteiger partial charge in [0.15, 0.2) is 0 Å². The third-order valence-electron chi connectivity index (χ3n) is 13.8. The first-order valence-electron chi connectivity index (χ1n) is 30.9. The van der Waals surface area contributed by atoms with Gasteiger partial charge in [0.2, 0.25) is 29.5 Å². The maximum Gasteiger partial charge on any atom is 0.249 e. The van der Waals surface area contributed by atoms with Crippen LogP contribution < -0.4 is 10.6 Å². The molecular weight excluding hydrogens is 975 g/mol. The smallest absolute Gasteiger partial charge is 0.249 e. The fourth-order valence-electron chi connectivity index (χ4n) is 9.09. The Morgan fingerprint density at radius 1 is 0.416 bits per heavy atom. The van der Waals surface area contributed by atoms with Gasteiger partial charge >= 0.3 is 0 Å². The topological polar surface area (TPSA) is 220 Å². The van der Waals surface area contributed by atoms with E-state index in [1.807, 2.05) is 27.7 Å². The van der Waals surface area contributed by atoms with Crippen LogP contribution in [0.4, 0.5) is 0 Å². The summed E-state index contributed by atoms with van der Waals surface area (Å²) in [6.45, 7) is 32.7. The summed E-state index contributed by atoms with van der Waals surface area (Å²) >= 11 is 0. The Hall–Kier alpha value is -2.85. The molecule has 0 aromatic carbocycles. The normalized spacial score (nSPS) is 14.1. The van der Waals surface area contributed by atoms with Crippen LogP contribution in [0.25, 0.3) is 0 Å². The predicted molar refractivity (Wildman–Crippen MR) is 318 cm³/mol. The molecule has 458 valence electrons. The van der Waals surface area contributed by atoms with E-state index in [2.05, 4.69) is 72.9 Å². The average Bonchev–Trinajstić information content (AvgIpc) is 3.33. The van der Waals surface area contributed by atoms with Crippen molar-refractivity contribution in [3.05, 3.63) is 0 Å². The Bertz CT molecular complexity index is 1390. The van der Waals surface area contributed by atoms with E-state index in [1.54, 1.807) is 28.5 Å². The van der Waals surface area contributed by atoms with E-state index >= 15 is 0 Å². The molecule has 77 heavy (non-hydrogen) atoms. The maximum absolute atomic E-state index is 13.1. The van der Waals surface area contributed by atoms with E-state index in [1.165, 1.54) is 44.9 Å². The Balaban J connectivity index is -0.00000110.